The monoisotopic (exact) mass is 462 g/mol. The van der Waals surface area contributed by atoms with Gasteiger partial charge in [-0.25, -0.2) is 4.39 Å². The second-order valence-corrected chi connectivity index (χ2v) is 8.09. The summed E-state index contributed by atoms with van der Waals surface area (Å²) in [6.07, 6.45) is 0. The predicted molar refractivity (Wildman–Crippen MR) is 123 cm³/mol. The molecule has 8 heteroatoms. The van der Waals surface area contributed by atoms with Gasteiger partial charge in [0.25, 0.3) is 5.91 Å². The van der Waals surface area contributed by atoms with Crippen LogP contribution in [0.1, 0.15) is 33.2 Å². The smallest absolute Gasteiger partial charge is 0.326 e. The number of rotatable bonds is 6. The van der Waals surface area contributed by atoms with E-state index in [2.05, 4.69) is 4.99 Å². The number of carbonyl (C=O) groups is 3. The molecule has 0 bridgehead atoms. The molecular weight excluding hydrogens is 443 g/mol. The van der Waals surface area contributed by atoms with Gasteiger partial charge < -0.3 is 9.30 Å². The molecular formula is C25H19FN2O4S. The van der Waals surface area contributed by atoms with Crippen molar-refractivity contribution in [2.75, 3.05) is 6.61 Å². The lowest BCUT2D eigenvalue weighted by atomic mass is 10.0. The number of esters is 1. The van der Waals surface area contributed by atoms with Crippen molar-refractivity contribution in [3.8, 4) is 0 Å². The van der Waals surface area contributed by atoms with Gasteiger partial charge in [0.15, 0.2) is 10.6 Å². The van der Waals surface area contributed by atoms with E-state index in [-0.39, 0.29) is 29.3 Å². The molecule has 0 spiro atoms. The zero-order valence-electron chi connectivity index (χ0n) is 17.7. The Bertz CT molecular complexity index is 1410. The number of thiazole rings is 1. The number of halogens is 1. The molecule has 0 unspecified atom stereocenters. The molecule has 1 heterocycles. The number of nitrogens with zero attached hydrogens (tertiary/aromatic N) is 2. The van der Waals surface area contributed by atoms with Crippen LogP contribution in [0.15, 0.2) is 77.8 Å². The molecule has 1 aromatic heterocycles. The minimum Gasteiger partial charge on any atom is -0.465 e. The van der Waals surface area contributed by atoms with Crippen LogP contribution in [0.2, 0.25) is 0 Å². The van der Waals surface area contributed by atoms with Gasteiger partial charge in [-0.05, 0) is 37.3 Å². The quantitative estimate of drug-likeness (QED) is 0.315. The average Bonchev–Trinajstić information content (AvgIpc) is 3.15. The molecule has 0 saturated heterocycles. The van der Waals surface area contributed by atoms with Crippen LogP contribution in [0.25, 0.3) is 10.2 Å². The molecule has 0 fully saturated rings. The molecule has 0 atom stereocenters. The lowest BCUT2D eigenvalue weighted by Gasteiger charge is -2.05. The standard InChI is InChI=1S/C25H19FN2O4S/c1-2-32-22(29)15-28-20-13-12-19(26)14-21(20)33-25(28)27-24(31)18-10-8-17(9-11-18)23(30)16-6-4-3-5-7-16/h3-14H,2,15H2,1H3. The molecule has 166 valence electrons. The maximum atomic E-state index is 13.7. The van der Waals surface area contributed by atoms with Gasteiger partial charge in [0.2, 0.25) is 0 Å². The van der Waals surface area contributed by atoms with E-state index < -0.39 is 17.7 Å². The van der Waals surface area contributed by atoms with Crippen LogP contribution in [-0.2, 0) is 16.1 Å². The molecule has 0 radical (unpaired) electrons. The van der Waals surface area contributed by atoms with Crippen molar-refractivity contribution < 1.29 is 23.5 Å². The summed E-state index contributed by atoms with van der Waals surface area (Å²) in [6.45, 7) is 1.76. The van der Waals surface area contributed by atoms with Crippen molar-refractivity contribution in [2.45, 2.75) is 13.5 Å². The van der Waals surface area contributed by atoms with Gasteiger partial charge in [0, 0.05) is 16.7 Å². The summed E-state index contributed by atoms with van der Waals surface area (Å²) in [7, 11) is 0. The van der Waals surface area contributed by atoms with Gasteiger partial charge in [-0.15, -0.1) is 0 Å². The highest BCUT2D eigenvalue weighted by Crippen LogP contribution is 2.19. The lowest BCUT2D eigenvalue weighted by Crippen LogP contribution is -2.23. The number of hydrogen-bond donors (Lipinski definition) is 0. The molecule has 6 nitrogen and oxygen atoms in total. The summed E-state index contributed by atoms with van der Waals surface area (Å²) in [5.41, 5.74) is 1.86. The van der Waals surface area contributed by atoms with Crippen molar-refractivity contribution in [1.29, 1.82) is 0 Å². The Hall–Kier alpha value is -3.91. The number of aromatic nitrogens is 1. The van der Waals surface area contributed by atoms with Crippen LogP contribution in [0.3, 0.4) is 0 Å². The Labute approximate surface area is 192 Å². The second-order valence-electron chi connectivity index (χ2n) is 7.08. The van der Waals surface area contributed by atoms with Crippen LogP contribution in [-0.4, -0.2) is 28.8 Å². The maximum absolute atomic E-state index is 13.7. The second kappa shape index (κ2) is 9.70. The summed E-state index contributed by atoms with van der Waals surface area (Å²) in [6, 6.07) is 19.2. The maximum Gasteiger partial charge on any atom is 0.326 e. The highest BCUT2D eigenvalue weighted by Gasteiger charge is 2.14. The largest absolute Gasteiger partial charge is 0.465 e. The molecule has 4 rings (SSSR count). The van der Waals surface area contributed by atoms with Gasteiger partial charge in [0.05, 0.1) is 16.8 Å². The van der Waals surface area contributed by atoms with Gasteiger partial charge in [-0.2, -0.15) is 4.99 Å². The summed E-state index contributed by atoms with van der Waals surface area (Å²) >= 11 is 1.10. The first-order chi connectivity index (χ1) is 16.0. The summed E-state index contributed by atoms with van der Waals surface area (Å²) in [5, 5.41) is 0. The fourth-order valence-corrected chi connectivity index (χ4v) is 4.35. The molecule has 33 heavy (non-hydrogen) atoms. The molecule has 1 amide bonds. The first kappa shape index (κ1) is 22.3. The summed E-state index contributed by atoms with van der Waals surface area (Å²) in [5.74, 6) is -1.61. The van der Waals surface area contributed by atoms with Gasteiger partial charge in [0.1, 0.15) is 12.4 Å². The summed E-state index contributed by atoms with van der Waals surface area (Å²) in [4.78, 5) is 41.9. The Morgan fingerprint density at radius 1 is 0.939 bits per heavy atom. The number of fused-ring (bicyclic) bond motifs is 1. The van der Waals surface area contributed by atoms with Crippen molar-refractivity contribution in [3.63, 3.8) is 0 Å². The normalized spacial score (nSPS) is 11.5. The molecule has 0 N–H and O–H groups in total. The van der Waals surface area contributed by atoms with Crippen LogP contribution in [0, 0.1) is 5.82 Å². The lowest BCUT2D eigenvalue weighted by molar-refractivity contribution is -0.143. The number of ether oxygens (including phenoxy) is 1. The van der Waals surface area contributed by atoms with Gasteiger partial charge in [-0.3, -0.25) is 14.4 Å². The van der Waals surface area contributed by atoms with Gasteiger partial charge in [-0.1, -0.05) is 53.8 Å². The predicted octanol–water partition coefficient (Wildman–Crippen LogP) is 4.38. The number of benzene rings is 3. The van der Waals surface area contributed by atoms with E-state index in [0.717, 1.165) is 11.3 Å². The molecule has 3 aromatic carbocycles. The first-order valence-corrected chi connectivity index (χ1v) is 11.0. The van der Waals surface area contributed by atoms with E-state index in [0.29, 0.717) is 21.3 Å². The minimum absolute atomic E-state index is 0.148. The SMILES string of the molecule is CCOC(=O)Cn1c(=NC(=O)c2ccc(C(=O)c3ccccc3)cc2)sc2cc(F)ccc21. The summed E-state index contributed by atoms with van der Waals surface area (Å²) < 4.78 is 20.8. The van der Waals surface area contributed by atoms with Crippen LogP contribution in [0.5, 0.6) is 0 Å². The number of ketones is 1. The third-order valence-electron chi connectivity index (χ3n) is 4.86. The van der Waals surface area contributed by atoms with E-state index in [1.807, 2.05) is 6.07 Å². The topological polar surface area (TPSA) is 77.7 Å². The van der Waals surface area contributed by atoms with E-state index >= 15 is 0 Å². The molecule has 0 saturated carbocycles. The Kier molecular flexibility index (Phi) is 6.55. The third-order valence-corrected chi connectivity index (χ3v) is 5.91. The molecule has 0 aliphatic heterocycles. The fourth-order valence-electron chi connectivity index (χ4n) is 3.29. The number of carbonyl (C=O) groups excluding carboxylic acids is 3. The van der Waals surface area contributed by atoms with Gasteiger partial charge >= 0.3 is 5.97 Å². The van der Waals surface area contributed by atoms with Crippen molar-refractivity contribution >= 4 is 39.2 Å². The minimum atomic E-state index is -0.543. The molecule has 0 aliphatic carbocycles. The Morgan fingerprint density at radius 2 is 1.61 bits per heavy atom. The fraction of sp³-hybridized carbons (Fsp3) is 0.120. The van der Waals surface area contributed by atoms with E-state index in [1.54, 1.807) is 43.3 Å². The van der Waals surface area contributed by atoms with E-state index in [4.69, 9.17) is 4.74 Å². The Morgan fingerprint density at radius 3 is 2.30 bits per heavy atom. The van der Waals surface area contributed by atoms with Crippen molar-refractivity contribution in [3.05, 3.63) is 100 Å². The van der Waals surface area contributed by atoms with Crippen molar-refractivity contribution in [1.82, 2.24) is 4.57 Å². The Balaban J connectivity index is 1.67. The zero-order chi connectivity index (χ0) is 23.4. The average molecular weight is 463 g/mol. The van der Waals surface area contributed by atoms with Crippen LogP contribution < -0.4 is 4.80 Å². The number of hydrogen-bond acceptors (Lipinski definition) is 5. The van der Waals surface area contributed by atoms with E-state index in [1.165, 1.54) is 34.9 Å². The zero-order valence-corrected chi connectivity index (χ0v) is 18.5. The highest BCUT2D eigenvalue weighted by molar-refractivity contribution is 7.16. The third kappa shape index (κ3) is 4.96. The van der Waals surface area contributed by atoms with E-state index in [9.17, 15) is 18.8 Å². The molecule has 4 aromatic rings. The highest BCUT2D eigenvalue weighted by atomic mass is 32.1. The van der Waals surface area contributed by atoms with Crippen LogP contribution >= 0.6 is 11.3 Å². The molecule has 0 aliphatic rings. The van der Waals surface area contributed by atoms with Crippen molar-refractivity contribution in [2.24, 2.45) is 4.99 Å². The van der Waals surface area contributed by atoms with Crippen LogP contribution in [0.4, 0.5) is 4.39 Å². The first-order valence-electron chi connectivity index (χ1n) is 10.2. The number of amides is 1.